The van der Waals surface area contributed by atoms with Gasteiger partial charge in [-0.05, 0) is 12.1 Å². The Balaban J connectivity index is 1.83. The van der Waals surface area contributed by atoms with Gasteiger partial charge in [0.05, 0.1) is 23.5 Å². The number of aliphatic hydroxyl groups excluding tert-OH is 2. The van der Waals surface area contributed by atoms with Crippen LogP contribution in [-0.2, 0) is 4.79 Å². The van der Waals surface area contributed by atoms with Crippen LogP contribution in [0.4, 0.5) is 5.69 Å². The fourth-order valence-corrected chi connectivity index (χ4v) is 2.19. The third-order valence-electron chi connectivity index (χ3n) is 3.31. The van der Waals surface area contributed by atoms with Gasteiger partial charge >= 0.3 is 0 Å². The monoisotopic (exact) mass is 275 g/mol. The number of β-amino-alcohol motifs (C(OH)–C–C–N with tert-alkyl or cyclic N) is 2. The van der Waals surface area contributed by atoms with Gasteiger partial charge in [-0.25, -0.2) is 0 Å². The molecule has 2 atom stereocenters. The molecule has 1 aromatic carbocycles. The van der Waals surface area contributed by atoms with Crippen molar-refractivity contribution in [1.82, 2.24) is 4.90 Å². The molecule has 1 saturated heterocycles. The molecule has 2 rings (SSSR count). The highest BCUT2D eigenvalue weighted by molar-refractivity contribution is 5.92. The first-order valence-corrected chi connectivity index (χ1v) is 6.47. The van der Waals surface area contributed by atoms with Crippen molar-refractivity contribution < 1.29 is 15.0 Å². The quantitative estimate of drug-likeness (QED) is 0.714. The van der Waals surface area contributed by atoms with Gasteiger partial charge in [-0.1, -0.05) is 12.1 Å². The highest BCUT2D eigenvalue weighted by Gasteiger charge is 2.29. The maximum Gasteiger partial charge on any atom is 0.225 e. The summed E-state index contributed by atoms with van der Waals surface area (Å²) < 4.78 is 0. The minimum absolute atomic E-state index is 0.191. The van der Waals surface area contributed by atoms with E-state index >= 15 is 0 Å². The lowest BCUT2D eigenvalue weighted by molar-refractivity contribution is -0.116. The van der Waals surface area contributed by atoms with Crippen LogP contribution in [0.1, 0.15) is 12.0 Å². The molecular formula is C14H17N3O3. The van der Waals surface area contributed by atoms with Gasteiger partial charge in [0.25, 0.3) is 0 Å². The Labute approximate surface area is 117 Å². The average molecular weight is 275 g/mol. The summed E-state index contributed by atoms with van der Waals surface area (Å²) in [5.41, 5.74) is 0.925. The minimum Gasteiger partial charge on any atom is -0.389 e. The standard InChI is InChI=1S/C14H17N3O3/c15-7-10-3-1-2-4-11(10)16-14(20)5-6-17-8-12(18)13(19)9-17/h1-4,12-13,18-19H,5-6,8-9H2,(H,16,20). The molecule has 106 valence electrons. The molecule has 3 N–H and O–H groups in total. The topological polar surface area (TPSA) is 96.6 Å². The van der Waals surface area contributed by atoms with Crippen LogP contribution in [0.25, 0.3) is 0 Å². The Kier molecular flexibility index (Phi) is 4.69. The first kappa shape index (κ1) is 14.5. The molecule has 6 heteroatoms. The second-order valence-corrected chi connectivity index (χ2v) is 4.85. The van der Waals surface area contributed by atoms with Gasteiger partial charge in [-0.15, -0.1) is 0 Å². The van der Waals surface area contributed by atoms with E-state index in [0.29, 0.717) is 30.9 Å². The molecule has 0 radical (unpaired) electrons. The van der Waals surface area contributed by atoms with Crippen LogP contribution < -0.4 is 5.32 Å². The van der Waals surface area contributed by atoms with E-state index in [0.717, 1.165) is 0 Å². The van der Waals surface area contributed by atoms with Crippen molar-refractivity contribution in [3.63, 3.8) is 0 Å². The van der Waals surface area contributed by atoms with Gasteiger partial charge < -0.3 is 15.5 Å². The maximum atomic E-state index is 11.8. The van der Waals surface area contributed by atoms with E-state index in [1.54, 1.807) is 24.3 Å². The fraction of sp³-hybridized carbons (Fsp3) is 0.429. The Hall–Kier alpha value is -1.94. The number of rotatable bonds is 4. The molecule has 0 saturated carbocycles. The van der Waals surface area contributed by atoms with Gasteiger partial charge in [0.15, 0.2) is 0 Å². The van der Waals surface area contributed by atoms with Crippen LogP contribution in [0.3, 0.4) is 0 Å². The summed E-state index contributed by atoms with van der Waals surface area (Å²) in [5, 5.41) is 30.4. The van der Waals surface area contributed by atoms with E-state index in [-0.39, 0.29) is 12.3 Å². The molecule has 1 amide bonds. The van der Waals surface area contributed by atoms with Gasteiger partial charge in [0.2, 0.25) is 5.91 Å². The van der Waals surface area contributed by atoms with Crippen LogP contribution in [0.2, 0.25) is 0 Å². The number of anilines is 1. The number of hydrogen-bond acceptors (Lipinski definition) is 5. The lowest BCUT2D eigenvalue weighted by Gasteiger charge is -2.14. The molecule has 0 aromatic heterocycles. The van der Waals surface area contributed by atoms with Gasteiger partial charge in [-0.3, -0.25) is 9.69 Å². The summed E-state index contributed by atoms with van der Waals surface area (Å²) in [6, 6.07) is 8.83. The van der Waals surface area contributed by atoms with Gasteiger partial charge in [-0.2, -0.15) is 5.26 Å². The summed E-state index contributed by atoms with van der Waals surface area (Å²) in [6.45, 7) is 1.22. The number of likely N-dealkylation sites (tertiary alicyclic amines) is 1. The van der Waals surface area contributed by atoms with Gasteiger partial charge in [0.1, 0.15) is 6.07 Å². The third kappa shape index (κ3) is 3.54. The summed E-state index contributed by atoms with van der Waals surface area (Å²) in [7, 11) is 0. The lowest BCUT2D eigenvalue weighted by atomic mass is 10.2. The highest BCUT2D eigenvalue weighted by Crippen LogP contribution is 2.14. The molecule has 20 heavy (non-hydrogen) atoms. The van der Waals surface area contributed by atoms with Crippen molar-refractivity contribution in [1.29, 1.82) is 5.26 Å². The van der Waals surface area contributed by atoms with Crippen molar-refractivity contribution >= 4 is 11.6 Å². The Morgan fingerprint density at radius 3 is 2.65 bits per heavy atom. The Morgan fingerprint density at radius 2 is 2.00 bits per heavy atom. The maximum absolute atomic E-state index is 11.8. The number of nitrogens with zero attached hydrogens (tertiary/aromatic N) is 2. The average Bonchev–Trinajstić information content (AvgIpc) is 2.76. The minimum atomic E-state index is -0.739. The molecular weight excluding hydrogens is 258 g/mol. The zero-order valence-electron chi connectivity index (χ0n) is 11.0. The molecule has 0 spiro atoms. The van der Waals surface area contributed by atoms with Crippen LogP contribution in [-0.4, -0.2) is 52.9 Å². The zero-order chi connectivity index (χ0) is 14.5. The van der Waals surface area contributed by atoms with E-state index in [9.17, 15) is 15.0 Å². The molecule has 1 aliphatic rings. The van der Waals surface area contributed by atoms with Crippen LogP contribution >= 0.6 is 0 Å². The number of benzene rings is 1. The van der Waals surface area contributed by atoms with E-state index < -0.39 is 12.2 Å². The van der Waals surface area contributed by atoms with Crippen LogP contribution in [0, 0.1) is 11.3 Å². The third-order valence-corrected chi connectivity index (χ3v) is 3.31. The number of carbonyl (C=O) groups excluding carboxylic acids is 1. The van der Waals surface area contributed by atoms with Crippen molar-refractivity contribution in [3.8, 4) is 6.07 Å². The smallest absolute Gasteiger partial charge is 0.225 e. The van der Waals surface area contributed by atoms with E-state index in [1.807, 2.05) is 11.0 Å². The zero-order valence-corrected chi connectivity index (χ0v) is 11.0. The highest BCUT2D eigenvalue weighted by atomic mass is 16.3. The fourth-order valence-electron chi connectivity index (χ4n) is 2.19. The molecule has 0 aliphatic carbocycles. The lowest BCUT2D eigenvalue weighted by Crippen LogP contribution is -2.27. The number of hydrogen-bond donors (Lipinski definition) is 3. The summed E-state index contributed by atoms with van der Waals surface area (Å²) in [6.07, 6.45) is -1.23. The van der Waals surface area contributed by atoms with Crippen molar-refractivity contribution in [3.05, 3.63) is 29.8 Å². The number of carbonyl (C=O) groups is 1. The largest absolute Gasteiger partial charge is 0.389 e. The van der Waals surface area contributed by atoms with E-state index in [4.69, 9.17) is 5.26 Å². The van der Waals surface area contributed by atoms with Crippen LogP contribution in [0.15, 0.2) is 24.3 Å². The molecule has 1 aliphatic heterocycles. The first-order valence-electron chi connectivity index (χ1n) is 6.47. The van der Waals surface area contributed by atoms with Crippen molar-refractivity contribution in [2.24, 2.45) is 0 Å². The summed E-state index contributed by atoms with van der Waals surface area (Å²) >= 11 is 0. The number of nitriles is 1. The summed E-state index contributed by atoms with van der Waals surface area (Å²) in [5.74, 6) is -0.191. The first-order chi connectivity index (χ1) is 9.60. The molecule has 1 aromatic rings. The van der Waals surface area contributed by atoms with E-state index in [2.05, 4.69) is 5.32 Å². The molecule has 1 fully saturated rings. The molecule has 6 nitrogen and oxygen atoms in total. The van der Waals surface area contributed by atoms with E-state index in [1.165, 1.54) is 0 Å². The van der Waals surface area contributed by atoms with Crippen molar-refractivity contribution in [2.75, 3.05) is 25.0 Å². The predicted molar refractivity (Wildman–Crippen MR) is 72.9 cm³/mol. The number of aliphatic hydroxyl groups is 2. The van der Waals surface area contributed by atoms with Crippen molar-refractivity contribution in [2.45, 2.75) is 18.6 Å². The molecule has 2 unspecified atom stereocenters. The Bertz CT molecular complexity index is 517. The number of para-hydroxylation sites is 1. The molecule has 1 heterocycles. The second kappa shape index (κ2) is 6.48. The number of amides is 1. The number of nitrogens with one attached hydrogen (secondary N) is 1. The normalized spacial score (nSPS) is 22.4. The Morgan fingerprint density at radius 1 is 1.35 bits per heavy atom. The second-order valence-electron chi connectivity index (χ2n) is 4.85. The van der Waals surface area contributed by atoms with Gasteiger partial charge in [0, 0.05) is 26.1 Å². The SMILES string of the molecule is N#Cc1ccccc1NC(=O)CCN1CC(O)C(O)C1. The molecule has 0 bridgehead atoms. The summed E-state index contributed by atoms with van der Waals surface area (Å²) in [4.78, 5) is 13.7. The van der Waals surface area contributed by atoms with Crippen LogP contribution in [0.5, 0.6) is 0 Å². The predicted octanol–water partition coefficient (Wildman–Crippen LogP) is -0.0757.